The van der Waals surface area contributed by atoms with Crippen LogP contribution >= 0.6 is 22.9 Å². The first-order chi connectivity index (χ1) is 11.1. The summed E-state index contributed by atoms with van der Waals surface area (Å²) in [5, 5.41) is 15.6. The number of piperidine rings is 1. The molecule has 8 heteroatoms. The number of carbonyl (C=O) groups is 1. The number of nitrogens with one attached hydrogen (secondary N) is 1. The lowest BCUT2D eigenvalue weighted by atomic mass is 10.0. The smallest absolute Gasteiger partial charge is 0.270 e. The van der Waals surface area contributed by atoms with Crippen LogP contribution in [0.15, 0.2) is 29.2 Å². The molecule has 0 saturated carbocycles. The van der Waals surface area contributed by atoms with Crippen LogP contribution < -0.4 is 5.32 Å². The number of thiazole rings is 1. The molecule has 1 fully saturated rings. The molecule has 1 aliphatic rings. The van der Waals surface area contributed by atoms with Crippen molar-refractivity contribution in [3.05, 3.63) is 45.6 Å². The van der Waals surface area contributed by atoms with Gasteiger partial charge in [-0.05, 0) is 18.6 Å². The van der Waals surface area contributed by atoms with Gasteiger partial charge in [-0.2, -0.15) is 0 Å². The summed E-state index contributed by atoms with van der Waals surface area (Å²) in [4.78, 5) is 22.5. The molecule has 6 nitrogen and oxygen atoms in total. The third-order valence-electron chi connectivity index (χ3n) is 3.81. The molecule has 1 saturated heterocycles. The Morgan fingerprint density at radius 3 is 3.00 bits per heavy atom. The van der Waals surface area contributed by atoms with Crippen LogP contribution in [0.1, 0.15) is 22.6 Å². The Labute approximate surface area is 143 Å². The highest BCUT2D eigenvalue weighted by Crippen LogP contribution is 2.15. The van der Waals surface area contributed by atoms with Gasteiger partial charge in [-0.1, -0.05) is 11.6 Å². The number of aliphatic hydroxyl groups is 1. The number of hydrogen-bond donors (Lipinski definition) is 2. The maximum absolute atomic E-state index is 12.2. The standard InChI is InChI=1S/C15H17ClN4O2S/c16-10-1-2-13(17-5-10)15(22)19-12-3-4-20(7-14(12)21)6-11-8-23-9-18-11/h1-2,5,8-9,12,14,21H,3-4,6-7H2,(H,19,22)/t12-,14-/m1/s1. The summed E-state index contributed by atoms with van der Waals surface area (Å²) >= 11 is 7.32. The van der Waals surface area contributed by atoms with E-state index in [1.807, 2.05) is 5.38 Å². The fourth-order valence-corrected chi connectivity index (χ4v) is 3.27. The van der Waals surface area contributed by atoms with Crippen molar-refractivity contribution in [2.24, 2.45) is 0 Å². The van der Waals surface area contributed by atoms with Gasteiger partial charge in [0.05, 0.1) is 28.4 Å². The number of hydrogen-bond acceptors (Lipinski definition) is 6. The molecule has 2 N–H and O–H groups in total. The van der Waals surface area contributed by atoms with Crippen molar-refractivity contribution in [1.29, 1.82) is 0 Å². The van der Waals surface area contributed by atoms with Gasteiger partial charge in [0.1, 0.15) is 5.69 Å². The second-order valence-corrected chi connectivity index (χ2v) is 6.67. The van der Waals surface area contributed by atoms with Gasteiger partial charge in [-0.15, -0.1) is 11.3 Å². The van der Waals surface area contributed by atoms with Gasteiger partial charge in [-0.25, -0.2) is 9.97 Å². The zero-order valence-electron chi connectivity index (χ0n) is 12.4. The van der Waals surface area contributed by atoms with E-state index in [1.165, 1.54) is 6.20 Å². The second kappa shape index (κ2) is 7.35. The number of aromatic nitrogens is 2. The molecule has 23 heavy (non-hydrogen) atoms. The van der Waals surface area contributed by atoms with Crippen molar-refractivity contribution >= 4 is 28.8 Å². The number of halogens is 1. The molecule has 0 unspecified atom stereocenters. The van der Waals surface area contributed by atoms with Gasteiger partial charge in [-0.3, -0.25) is 9.69 Å². The number of rotatable bonds is 4. The largest absolute Gasteiger partial charge is 0.390 e. The number of pyridine rings is 1. The van der Waals surface area contributed by atoms with Crippen molar-refractivity contribution < 1.29 is 9.90 Å². The van der Waals surface area contributed by atoms with Crippen molar-refractivity contribution in [2.45, 2.75) is 25.1 Å². The monoisotopic (exact) mass is 352 g/mol. The summed E-state index contributed by atoms with van der Waals surface area (Å²) < 4.78 is 0. The highest BCUT2D eigenvalue weighted by molar-refractivity contribution is 7.07. The molecule has 0 aromatic carbocycles. The highest BCUT2D eigenvalue weighted by Gasteiger charge is 2.29. The van der Waals surface area contributed by atoms with Gasteiger partial charge in [0, 0.05) is 31.2 Å². The van der Waals surface area contributed by atoms with Gasteiger partial charge < -0.3 is 10.4 Å². The molecule has 2 aromatic heterocycles. The van der Waals surface area contributed by atoms with Gasteiger partial charge in [0.25, 0.3) is 5.91 Å². The molecular weight excluding hydrogens is 336 g/mol. The fraction of sp³-hybridized carbons (Fsp3) is 0.400. The third kappa shape index (κ3) is 4.26. The maximum Gasteiger partial charge on any atom is 0.270 e. The number of carbonyl (C=O) groups excluding carboxylic acids is 1. The van der Waals surface area contributed by atoms with Crippen LogP contribution in [-0.2, 0) is 6.54 Å². The Morgan fingerprint density at radius 2 is 2.35 bits per heavy atom. The summed E-state index contributed by atoms with van der Waals surface area (Å²) in [6, 6.07) is 2.92. The van der Waals surface area contributed by atoms with E-state index in [0.29, 0.717) is 23.7 Å². The Morgan fingerprint density at radius 1 is 1.48 bits per heavy atom. The number of β-amino-alcohol motifs (C(OH)–C–C–N with tert-alkyl or cyclic N) is 1. The first kappa shape index (κ1) is 16.3. The van der Waals surface area contributed by atoms with Crippen LogP contribution in [-0.4, -0.2) is 51.1 Å². The molecule has 0 aliphatic carbocycles. The lowest BCUT2D eigenvalue weighted by Crippen LogP contribution is -2.53. The minimum Gasteiger partial charge on any atom is -0.390 e. The second-order valence-electron chi connectivity index (χ2n) is 5.51. The summed E-state index contributed by atoms with van der Waals surface area (Å²) in [5.74, 6) is -0.293. The number of nitrogens with zero attached hydrogens (tertiary/aromatic N) is 3. The Hall–Kier alpha value is -1.54. The molecule has 2 aromatic rings. The van der Waals surface area contributed by atoms with Crippen LogP contribution in [0, 0.1) is 0 Å². The van der Waals surface area contributed by atoms with Crippen molar-refractivity contribution in [1.82, 2.24) is 20.2 Å². The average Bonchev–Trinajstić information content (AvgIpc) is 3.03. The minimum absolute atomic E-state index is 0.272. The normalized spacial score (nSPS) is 22.0. The van der Waals surface area contributed by atoms with Gasteiger partial charge in [0.2, 0.25) is 0 Å². The van der Waals surface area contributed by atoms with E-state index in [2.05, 4.69) is 20.2 Å². The lowest BCUT2D eigenvalue weighted by molar-refractivity contribution is 0.0345. The average molecular weight is 353 g/mol. The first-order valence-electron chi connectivity index (χ1n) is 7.32. The molecule has 3 rings (SSSR count). The molecule has 2 atom stereocenters. The topological polar surface area (TPSA) is 78.4 Å². The van der Waals surface area contributed by atoms with E-state index in [1.54, 1.807) is 29.0 Å². The summed E-state index contributed by atoms with van der Waals surface area (Å²) in [7, 11) is 0. The molecule has 0 spiro atoms. The van der Waals surface area contributed by atoms with Crippen LogP contribution in [0.25, 0.3) is 0 Å². The van der Waals surface area contributed by atoms with Crippen LogP contribution in [0.3, 0.4) is 0 Å². The number of likely N-dealkylation sites (tertiary alicyclic amines) is 1. The number of aliphatic hydroxyl groups excluding tert-OH is 1. The van der Waals surface area contributed by atoms with Crippen molar-refractivity contribution in [2.75, 3.05) is 13.1 Å². The quantitative estimate of drug-likeness (QED) is 0.873. The predicted molar refractivity (Wildman–Crippen MR) is 88.5 cm³/mol. The summed E-state index contributed by atoms with van der Waals surface area (Å²) in [6.07, 6.45) is 1.51. The van der Waals surface area contributed by atoms with E-state index >= 15 is 0 Å². The van der Waals surface area contributed by atoms with Crippen LogP contribution in [0.4, 0.5) is 0 Å². The van der Waals surface area contributed by atoms with Crippen LogP contribution in [0.5, 0.6) is 0 Å². The molecule has 0 bridgehead atoms. The molecule has 1 aliphatic heterocycles. The molecular formula is C15H17ClN4O2S. The van der Waals surface area contributed by atoms with Gasteiger partial charge >= 0.3 is 0 Å². The van der Waals surface area contributed by atoms with E-state index < -0.39 is 6.10 Å². The zero-order chi connectivity index (χ0) is 16.2. The third-order valence-corrected chi connectivity index (χ3v) is 4.67. The highest BCUT2D eigenvalue weighted by atomic mass is 35.5. The maximum atomic E-state index is 12.2. The van der Waals surface area contributed by atoms with Crippen LogP contribution in [0.2, 0.25) is 5.02 Å². The molecule has 3 heterocycles. The molecule has 122 valence electrons. The minimum atomic E-state index is -0.612. The van der Waals surface area contributed by atoms with Gasteiger partial charge in [0.15, 0.2) is 0 Å². The van der Waals surface area contributed by atoms with Crippen molar-refractivity contribution in [3.63, 3.8) is 0 Å². The predicted octanol–water partition coefficient (Wildman–Crippen LogP) is 1.56. The van der Waals surface area contributed by atoms with E-state index in [-0.39, 0.29) is 11.9 Å². The SMILES string of the molecule is O=C(N[C@@H]1CCN(Cc2cscn2)C[C@H]1O)c1ccc(Cl)cn1. The summed E-state index contributed by atoms with van der Waals surface area (Å²) in [6.45, 7) is 2.03. The lowest BCUT2D eigenvalue weighted by Gasteiger charge is -2.35. The Bertz CT molecular complexity index is 650. The summed E-state index contributed by atoms with van der Waals surface area (Å²) in [5.41, 5.74) is 3.11. The molecule has 0 radical (unpaired) electrons. The Kier molecular flexibility index (Phi) is 5.22. The first-order valence-corrected chi connectivity index (χ1v) is 8.64. The van der Waals surface area contributed by atoms with E-state index in [0.717, 1.165) is 18.8 Å². The molecule has 1 amide bonds. The van der Waals surface area contributed by atoms with E-state index in [9.17, 15) is 9.90 Å². The van der Waals surface area contributed by atoms with Crippen molar-refractivity contribution in [3.8, 4) is 0 Å². The number of amides is 1. The van der Waals surface area contributed by atoms with E-state index in [4.69, 9.17) is 11.6 Å². The zero-order valence-corrected chi connectivity index (χ0v) is 13.9. The Balaban J connectivity index is 1.54. The fourth-order valence-electron chi connectivity index (χ4n) is 2.61.